The molecule has 3 heteroatoms. The third-order valence-electron chi connectivity index (χ3n) is 3.63. The quantitative estimate of drug-likeness (QED) is 0.428. The molecule has 0 nitrogen and oxygen atoms in total. The van der Waals surface area contributed by atoms with E-state index in [9.17, 15) is 0 Å². The summed E-state index contributed by atoms with van der Waals surface area (Å²) in [7, 11) is 0. The summed E-state index contributed by atoms with van der Waals surface area (Å²) >= 11 is 14.4. The maximum Gasteiger partial charge on any atom is 0.0294 e. The van der Waals surface area contributed by atoms with Crippen LogP contribution in [0.25, 0.3) is 0 Å². The lowest BCUT2D eigenvalue weighted by molar-refractivity contribution is 0.365. The van der Waals surface area contributed by atoms with E-state index in [1.807, 2.05) is 23.9 Å². The fraction of sp³-hybridized carbons (Fsp3) is 0.333. The summed E-state index contributed by atoms with van der Waals surface area (Å²) in [5.41, 5.74) is 1.29. The van der Waals surface area contributed by atoms with E-state index in [0.717, 1.165) is 18.6 Å². The Morgan fingerprint density at radius 1 is 0.810 bits per heavy atom. The molecule has 0 radical (unpaired) electrons. The second-order valence-corrected chi connectivity index (χ2v) is 7.04. The number of rotatable bonds is 8. The highest BCUT2D eigenvalue weighted by atomic mass is 35.5. The minimum atomic E-state index is -0.0216. The number of thioether (sulfide) groups is 1. The second-order valence-electron chi connectivity index (χ2n) is 5.34. The van der Waals surface area contributed by atoms with Crippen molar-refractivity contribution >= 4 is 35.0 Å². The van der Waals surface area contributed by atoms with Crippen molar-refractivity contribution in [3.63, 3.8) is 0 Å². The maximum absolute atomic E-state index is 6.26. The van der Waals surface area contributed by atoms with Crippen LogP contribution < -0.4 is 0 Å². The Labute approximate surface area is 141 Å². The largest absolute Gasteiger partial charge is 0.126 e. The zero-order valence-corrected chi connectivity index (χ0v) is 14.3. The number of halogens is 2. The van der Waals surface area contributed by atoms with Crippen molar-refractivity contribution in [2.75, 3.05) is 17.5 Å². The Kier molecular flexibility index (Phi) is 6.95. The average molecular weight is 339 g/mol. The molecule has 0 N–H and O–H groups in total. The maximum atomic E-state index is 6.26. The molecule has 0 amide bonds. The first kappa shape index (κ1) is 16.7. The van der Waals surface area contributed by atoms with Crippen LogP contribution in [0.3, 0.4) is 0 Å². The number of hydrogen-bond donors (Lipinski definition) is 0. The van der Waals surface area contributed by atoms with Gasteiger partial charge in [0.05, 0.1) is 0 Å². The molecule has 112 valence electrons. The van der Waals surface area contributed by atoms with Crippen LogP contribution in [0.2, 0.25) is 0 Å². The first-order valence-corrected chi connectivity index (χ1v) is 9.17. The summed E-state index contributed by atoms with van der Waals surface area (Å²) in [4.78, 5) is 1.30. The Morgan fingerprint density at radius 2 is 1.38 bits per heavy atom. The van der Waals surface area contributed by atoms with Gasteiger partial charge in [0.2, 0.25) is 0 Å². The standard InChI is InChI=1S/C18H20Cl2S/c19-14-18(15-20,13-16-7-3-1-4-8-16)11-12-21-17-9-5-2-6-10-17/h1-10H,11-15H2. The van der Waals surface area contributed by atoms with Crippen LogP contribution in [0.5, 0.6) is 0 Å². The SMILES string of the molecule is ClCC(CCl)(CCSc1ccccc1)Cc1ccccc1. The minimum Gasteiger partial charge on any atom is -0.126 e. The van der Waals surface area contributed by atoms with Crippen molar-refractivity contribution in [2.24, 2.45) is 5.41 Å². The smallest absolute Gasteiger partial charge is 0.0294 e. The Morgan fingerprint density at radius 3 is 1.95 bits per heavy atom. The third kappa shape index (κ3) is 5.25. The van der Waals surface area contributed by atoms with Crippen molar-refractivity contribution < 1.29 is 0 Å². The van der Waals surface area contributed by atoms with E-state index < -0.39 is 0 Å². The molecule has 0 heterocycles. The van der Waals surface area contributed by atoms with Crippen LogP contribution in [-0.2, 0) is 6.42 Å². The van der Waals surface area contributed by atoms with Gasteiger partial charge in [0.15, 0.2) is 0 Å². The van der Waals surface area contributed by atoms with Gasteiger partial charge in [-0.15, -0.1) is 35.0 Å². The van der Waals surface area contributed by atoms with E-state index in [0.29, 0.717) is 11.8 Å². The molecule has 2 aromatic carbocycles. The predicted molar refractivity (Wildman–Crippen MR) is 95.8 cm³/mol. The summed E-state index contributed by atoms with van der Waals surface area (Å²) in [6.07, 6.45) is 1.96. The van der Waals surface area contributed by atoms with E-state index in [-0.39, 0.29) is 5.41 Å². The summed E-state index contributed by atoms with van der Waals surface area (Å²) in [5.74, 6) is 2.23. The zero-order valence-electron chi connectivity index (χ0n) is 12.0. The van der Waals surface area contributed by atoms with Crippen LogP contribution in [0.1, 0.15) is 12.0 Å². The summed E-state index contributed by atoms with van der Waals surface area (Å²) in [5, 5.41) is 0. The lowest BCUT2D eigenvalue weighted by Gasteiger charge is -2.29. The Hall–Kier alpha value is -0.630. The topological polar surface area (TPSA) is 0 Å². The molecule has 0 aromatic heterocycles. The Bertz CT molecular complexity index is 509. The van der Waals surface area contributed by atoms with Crippen molar-refractivity contribution in [1.82, 2.24) is 0 Å². The highest BCUT2D eigenvalue weighted by Gasteiger charge is 2.28. The van der Waals surface area contributed by atoms with Gasteiger partial charge < -0.3 is 0 Å². The molecule has 0 unspecified atom stereocenters. The van der Waals surface area contributed by atoms with Gasteiger partial charge in [-0.2, -0.15) is 0 Å². The van der Waals surface area contributed by atoms with Crippen molar-refractivity contribution in [3.8, 4) is 0 Å². The lowest BCUT2D eigenvalue weighted by Crippen LogP contribution is -2.29. The van der Waals surface area contributed by atoms with Gasteiger partial charge in [-0.3, -0.25) is 0 Å². The van der Waals surface area contributed by atoms with E-state index >= 15 is 0 Å². The van der Waals surface area contributed by atoms with Crippen LogP contribution in [-0.4, -0.2) is 17.5 Å². The molecule has 2 rings (SSSR count). The second kappa shape index (κ2) is 8.73. The molecule has 0 aliphatic heterocycles. The van der Waals surface area contributed by atoms with E-state index in [4.69, 9.17) is 23.2 Å². The van der Waals surface area contributed by atoms with Gasteiger partial charge in [-0.25, -0.2) is 0 Å². The normalized spacial score (nSPS) is 11.5. The summed E-state index contributed by atoms with van der Waals surface area (Å²) in [6.45, 7) is 0. The van der Waals surface area contributed by atoms with Crippen molar-refractivity contribution in [1.29, 1.82) is 0 Å². The van der Waals surface area contributed by atoms with Gasteiger partial charge in [-0.1, -0.05) is 48.5 Å². The number of hydrogen-bond acceptors (Lipinski definition) is 1. The van der Waals surface area contributed by atoms with E-state index in [2.05, 4.69) is 48.5 Å². The average Bonchev–Trinajstić information content (AvgIpc) is 2.56. The molecule has 0 spiro atoms. The minimum absolute atomic E-state index is 0.0216. The zero-order chi connectivity index (χ0) is 15.0. The highest BCUT2D eigenvalue weighted by Crippen LogP contribution is 2.33. The number of benzene rings is 2. The predicted octanol–water partition coefficient (Wildman–Crippen LogP) is 5.88. The lowest BCUT2D eigenvalue weighted by atomic mass is 9.83. The van der Waals surface area contributed by atoms with Crippen molar-refractivity contribution in [2.45, 2.75) is 17.7 Å². The van der Waals surface area contributed by atoms with Gasteiger partial charge in [0.1, 0.15) is 0 Å². The molecular formula is C18H20Cl2S. The molecule has 0 aliphatic rings. The fourth-order valence-corrected chi connectivity index (χ4v) is 4.15. The molecule has 0 fully saturated rings. The molecule has 0 saturated carbocycles. The highest BCUT2D eigenvalue weighted by molar-refractivity contribution is 7.99. The number of alkyl halides is 2. The van der Waals surface area contributed by atoms with Gasteiger partial charge in [-0.05, 0) is 36.3 Å². The van der Waals surface area contributed by atoms with Crippen LogP contribution in [0.4, 0.5) is 0 Å². The monoisotopic (exact) mass is 338 g/mol. The van der Waals surface area contributed by atoms with Crippen LogP contribution in [0.15, 0.2) is 65.6 Å². The first-order chi connectivity index (χ1) is 10.3. The van der Waals surface area contributed by atoms with E-state index in [1.165, 1.54) is 10.5 Å². The summed E-state index contributed by atoms with van der Waals surface area (Å²) < 4.78 is 0. The van der Waals surface area contributed by atoms with Gasteiger partial charge in [0.25, 0.3) is 0 Å². The summed E-state index contributed by atoms with van der Waals surface area (Å²) in [6, 6.07) is 21.0. The molecule has 21 heavy (non-hydrogen) atoms. The molecule has 0 aliphatic carbocycles. The Balaban J connectivity index is 1.94. The molecule has 0 bridgehead atoms. The van der Waals surface area contributed by atoms with Gasteiger partial charge in [0, 0.05) is 22.1 Å². The van der Waals surface area contributed by atoms with E-state index in [1.54, 1.807) is 0 Å². The fourth-order valence-electron chi connectivity index (χ4n) is 2.28. The first-order valence-electron chi connectivity index (χ1n) is 7.12. The van der Waals surface area contributed by atoms with Crippen LogP contribution >= 0.6 is 35.0 Å². The third-order valence-corrected chi connectivity index (χ3v) is 5.78. The van der Waals surface area contributed by atoms with Crippen LogP contribution in [0, 0.1) is 5.41 Å². The molecule has 0 atom stereocenters. The molecule has 2 aromatic rings. The molecule has 0 saturated heterocycles. The van der Waals surface area contributed by atoms with Gasteiger partial charge >= 0.3 is 0 Å². The molecular weight excluding hydrogens is 319 g/mol. The van der Waals surface area contributed by atoms with Crippen molar-refractivity contribution in [3.05, 3.63) is 66.2 Å².